The zero-order valence-corrected chi connectivity index (χ0v) is 16.6. The highest BCUT2D eigenvalue weighted by Crippen LogP contribution is 2.34. The van der Waals surface area contributed by atoms with Gasteiger partial charge in [-0.25, -0.2) is 9.18 Å². The van der Waals surface area contributed by atoms with Gasteiger partial charge in [-0.3, -0.25) is 4.98 Å². The first-order valence-corrected chi connectivity index (χ1v) is 10.1. The Labute approximate surface area is 170 Å². The number of ether oxygens (including phenoxy) is 2. The average molecular weight is 399 g/mol. The number of piperidine rings is 1. The molecule has 154 valence electrons. The van der Waals surface area contributed by atoms with Crippen LogP contribution in [0.4, 0.5) is 9.18 Å². The molecule has 2 aromatic rings. The Morgan fingerprint density at radius 3 is 2.76 bits per heavy atom. The topological polar surface area (TPSA) is 54.9 Å². The summed E-state index contributed by atoms with van der Waals surface area (Å²) in [6, 6.07) is 8.59. The second kappa shape index (κ2) is 8.78. The summed E-state index contributed by atoms with van der Waals surface area (Å²) in [5.41, 5.74) is 1.97. The Balaban J connectivity index is 1.49. The number of rotatable bonds is 3. The number of amides is 2. The first-order valence-electron chi connectivity index (χ1n) is 10.1. The molecule has 6 nitrogen and oxygen atoms in total. The molecule has 1 unspecified atom stereocenters. The Morgan fingerprint density at radius 1 is 1.17 bits per heavy atom. The van der Waals surface area contributed by atoms with Crippen molar-refractivity contribution in [1.82, 2.24) is 14.8 Å². The minimum absolute atomic E-state index is 0.0313. The number of pyridine rings is 1. The van der Waals surface area contributed by atoms with E-state index in [9.17, 15) is 9.18 Å². The average Bonchev–Trinajstić information content (AvgIpc) is 2.75. The van der Waals surface area contributed by atoms with Crippen LogP contribution in [0.1, 0.15) is 18.5 Å². The largest absolute Gasteiger partial charge is 0.488 e. The number of halogens is 1. The van der Waals surface area contributed by atoms with Gasteiger partial charge in [0.15, 0.2) is 0 Å². The van der Waals surface area contributed by atoms with E-state index < -0.39 is 0 Å². The van der Waals surface area contributed by atoms with Crippen LogP contribution in [0.2, 0.25) is 0 Å². The Bertz CT molecular complexity index is 853. The van der Waals surface area contributed by atoms with Gasteiger partial charge in [0.1, 0.15) is 17.7 Å². The summed E-state index contributed by atoms with van der Waals surface area (Å²) in [6.45, 7) is 5.51. The number of hydrogen-bond acceptors (Lipinski definition) is 4. The van der Waals surface area contributed by atoms with Crippen molar-refractivity contribution in [1.29, 1.82) is 0 Å². The number of morpholine rings is 1. The van der Waals surface area contributed by atoms with E-state index in [-0.39, 0.29) is 18.0 Å². The normalized spacial score (nSPS) is 19.9. The molecule has 2 aliphatic rings. The van der Waals surface area contributed by atoms with Crippen molar-refractivity contribution in [3.05, 3.63) is 48.0 Å². The van der Waals surface area contributed by atoms with Crippen LogP contribution in [0.5, 0.6) is 5.75 Å². The molecule has 2 fully saturated rings. The highest BCUT2D eigenvalue weighted by molar-refractivity contribution is 5.75. The summed E-state index contributed by atoms with van der Waals surface area (Å²) in [7, 11) is 0. The molecule has 4 rings (SSSR count). The molecule has 2 aliphatic heterocycles. The van der Waals surface area contributed by atoms with Crippen LogP contribution in [0.25, 0.3) is 11.1 Å². The molecular weight excluding hydrogens is 373 g/mol. The summed E-state index contributed by atoms with van der Waals surface area (Å²) in [5.74, 6) is 0.145. The zero-order chi connectivity index (χ0) is 20.2. The zero-order valence-electron chi connectivity index (χ0n) is 16.6. The van der Waals surface area contributed by atoms with Crippen molar-refractivity contribution in [3.63, 3.8) is 0 Å². The fourth-order valence-corrected chi connectivity index (χ4v) is 3.84. The molecule has 3 heterocycles. The summed E-state index contributed by atoms with van der Waals surface area (Å²) < 4.78 is 26.2. The first-order chi connectivity index (χ1) is 14.1. The number of nitrogens with zero attached hydrogens (tertiary/aromatic N) is 3. The van der Waals surface area contributed by atoms with Crippen molar-refractivity contribution in [2.75, 3.05) is 39.4 Å². The molecule has 0 radical (unpaired) electrons. The van der Waals surface area contributed by atoms with Gasteiger partial charge in [0.05, 0.1) is 25.3 Å². The van der Waals surface area contributed by atoms with E-state index in [0.717, 1.165) is 18.5 Å². The van der Waals surface area contributed by atoms with Gasteiger partial charge in [-0.2, -0.15) is 0 Å². The summed E-state index contributed by atoms with van der Waals surface area (Å²) >= 11 is 0. The van der Waals surface area contributed by atoms with E-state index >= 15 is 0 Å². The standard InChI is InChI=1S/C22H26FN3O3/c1-16-7-8-17(14-24-16)21-19(23)5-2-6-20(21)29-18-4-3-9-26(15-18)22(27)25-10-12-28-13-11-25/h2,5-8,14,18H,3-4,9-13,15H2,1H3. The van der Waals surface area contributed by atoms with Gasteiger partial charge in [-0.1, -0.05) is 12.1 Å². The monoisotopic (exact) mass is 399 g/mol. The lowest BCUT2D eigenvalue weighted by Crippen LogP contribution is -2.52. The lowest BCUT2D eigenvalue weighted by molar-refractivity contribution is 0.0331. The van der Waals surface area contributed by atoms with Crippen molar-refractivity contribution < 1.29 is 18.7 Å². The van der Waals surface area contributed by atoms with Crippen LogP contribution in [-0.2, 0) is 4.74 Å². The second-order valence-electron chi connectivity index (χ2n) is 7.51. The van der Waals surface area contributed by atoms with E-state index in [1.807, 2.05) is 28.9 Å². The van der Waals surface area contributed by atoms with E-state index in [0.29, 0.717) is 56.3 Å². The molecule has 0 bridgehead atoms. The van der Waals surface area contributed by atoms with E-state index in [2.05, 4.69) is 4.98 Å². The van der Waals surface area contributed by atoms with E-state index in [1.54, 1.807) is 18.3 Å². The molecule has 29 heavy (non-hydrogen) atoms. The quantitative estimate of drug-likeness (QED) is 0.793. The maximum Gasteiger partial charge on any atom is 0.320 e. The van der Waals surface area contributed by atoms with Crippen molar-refractivity contribution >= 4 is 6.03 Å². The van der Waals surface area contributed by atoms with Gasteiger partial charge in [0.25, 0.3) is 0 Å². The highest BCUT2D eigenvalue weighted by Gasteiger charge is 2.29. The Morgan fingerprint density at radius 2 is 2.00 bits per heavy atom. The van der Waals surface area contributed by atoms with Crippen LogP contribution in [0, 0.1) is 12.7 Å². The predicted octanol–water partition coefficient (Wildman–Crippen LogP) is 3.49. The summed E-state index contributed by atoms with van der Waals surface area (Å²) in [4.78, 5) is 20.7. The van der Waals surface area contributed by atoms with Crippen molar-refractivity contribution in [2.24, 2.45) is 0 Å². The fourth-order valence-electron chi connectivity index (χ4n) is 3.84. The minimum Gasteiger partial charge on any atom is -0.488 e. The van der Waals surface area contributed by atoms with Gasteiger partial charge in [-0.15, -0.1) is 0 Å². The third-order valence-corrected chi connectivity index (χ3v) is 5.40. The SMILES string of the molecule is Cc1ccc(-c2c(F)cccc2OC2CCCN(C(=O)N3CCOCC3)C2)cn1. The third-order valence-electron chi connectivity index (χ3n) is 5.40. The van der Waals surface area contributed by atoms with Gasteiger partial charge < -0.3 is 19.3 Å². The van der Waals surface area contributed by atoms with Crippen LogP contribution < -0.4 is 4.74 Å². The van der Waals surface area contributed by atoms with E-state index in [1.165, 1.54) is 6.07 Å². The maximum absolute atomic E-state index is 14.6. The molecular formula is C22H26FN3O3. The molecule has 1 aromatic carbocycles. The number of urea groups is 1. The number of aromatic nitrogens is 1. The molecule has 1 atom stereocenters. The highest BCUT2D eigenvalue weighted by atomic mass is 19.1. The Hall–Kier alpha value is -2.67. The molecule has 2 amide bonds. The Kier molecular flexibility index (Phi) is 5.94. The van der Waals surface area contributed by atoms with Gasteiger partial charge in [0.2, 0.25) is 0 Å². The smallest absolute Gasteiger partial charge is 0.320 e. The molecule has 0 N–H and O–H groups in total. The molecule has 0 spiro atoms. The summed E-state index contributed by atoms with van der Waals surface area (Å²) in [5, 5.41) is 0. The molecule has 0 aliphatic carbocycles. The predicted molar refractivity (Wildman–Crippen MR) is 107 cm³/mol. The van der Waals surface area contributed by atoms with Gasteiger partial charge in [0, 0.05) is 37.1 Å². The molecule has 1 aromatic heterocycles. The number of carbonyl (C=O) groups is 1. The van der Waals surface area contributed by atoms with Crippen LogP contribution in [0.3, 0.4) is 0 Å². The lowest BCUT2D eigenvalue weighted by Gasteiger charge is -2.37. The van der Waals surface area contributed by atoms with E-state index in [4.69, 9.17) is 9.47 Å². The number of likely N-dealkylation sites (tertiary alicyclic amines) is 1. The van der Waals surface area contributed by atoms with Crippen LogP contribution in [-0.4, -0.2) is 66.3 Å². The van der Waals surface area contributed by atoms with Gasteiger partial charge >= 0.3 is 6.03 Å². The fraction of sp³-hybridized carbons (Fsp3) is 0.455. The number of hydrogen-bond donors (Lipinski definition) is 0. The molecule has 2 saturated heterocycles. The van der Waals surface area contributed by atoms with Gasteiger partial charge in [-0.05, 0) is 38.0 Å². The van der Waals surface area contributed by atoms with Crippen molar-refractivity contribution in [3.8, 4) is 16.9 Å². The van der Waals surface area contributed by atoms with Crippen molar-refractivity contribution in [2.45, 2.75) is 25.9 Å². The third kappa shape index (κ3) is 4.50. The lowest BCUT2D eigenvalue weighted by atomic mass is 10.0. The molecule has 7 heteroatoms. The van der Waals surface area contributed by atoms with Crippen LogP contribution >= 0.6 is 0 Å². The first kappa shape index (κ1) is 19.6. The number of aryl methyl sites for hydroxylation is 1. The second-order valence-corrected chi connectivity index (χ2v) is 7.51. The maximum atomic E-state index is 14.6. The number of benzene rings is 1. The minimum atomic E-state index is -0.342. The van der Waals surface area contributed by atoms with Crippen LogP contribution in [0.15, 0.2) is 36.5 Å². The number of carbonyl (C=O) groups excluding carboxylic acids is 1. The summed E-state index contributed by atoms with van der Waals surface area (Å²) in [6.07, 6.45) is 3.18. The molecule has 0 saturated carbocycles.